The molecule has 3 aromatic rings. The van der Waals surface area contributed by atoms with Gasteiger partial charge in [-0.25, -0.2) is 15.0 Å². The zero-order valence-corrected chi connectivity index (χ0v) is 15.5. The van der Waals surface area contributed by atoms with E-state index in [9.17, 15) is 17.1 Å². The highest BCUT2D eigenvalue weighted by Crippen LogP contribution is 2.27. The molecule has 146 valence electrons. The zero-order valence-electron chi connectivity index (χ0n) is 14.7. The molecular formula is C17H17FN6O3S. The lowest BCUT2D eigenvalue weighted by Gasteiger charge is -2.33. The number of nitrogens with zero attached hydrogens (tertiary/aromatic N) is 5. The van der Waals surface area contributed by atoms with E-state index in [1.54, 1.807) is 11.2 Å². The number of fused-ring (bicyclic) bond motifs is 1. The number of imidazole rings is 1. The summed E-state index contributed by atoms with van der Waals surface area (Å²) in [5, 5.41) is 0. The van der Waals surface area contributed by atoms with Gasteiger partial charge < -0.3 is 15.2 Å². The highest BCUT2D eigenvalue weighted by molar-refractivity contribution is 7.86. The number of anilines is 1. The Labute approximate surface area is 160 Å². The largest absolute Gasteiger partial charge is 0.382 e. The second-order valence-electron chi connectivity index (χ2n) is 6.59. The van der Waals surface area contributed by atoms with Crippen molar-refractivity contribution >= 4 is 33.1 Å². The molecule has 0 bridgehead atoms. The predicted octanol–water partition coefficient (Wildman–Crippen LogP) is 1.54. The third kappa shape index (κ3) is 3.28. The SMILES string of the molecule is Nc1ncnc2c1ncn2C1CCCN(C(=O)c2ccc(S(=O)(=O)F)cc2)C1. The summed E-state index contributed by atoms with van der Waals surface area (Å²) in [4.78, 5) is 26.5. The van der Waals surface area contributed by atoms with E-state index < -0.39 is 15.1 Å². The van der Waals surface area contributed by atoms with E-state index in [-0.39, 0.29) is 11.9 Å². The van der Waals surface area contributed by atoms with Crippen molar-refractivity contribution in [3.63, 3.8) is 0 Å². The standard InChI is InChI=1S/C17H17FN6O3S/c18-28(26,27)13-5-3-11(4-6-13)17(25)23-7-1-2-12(8-23)24-10-22-14-15(19)20-9-21-16(14)24/h3-6,9-10,12H,1-2,7-8H2,(H2,19,20,21). The summed E-state index contributed by atoms with van der Waals surface area (Å²) in [6, 6.07) is 4.79. The Kier molecular flexibility index (Phi) is 4.46. The second-order valence-corrected chi connectivity index (χ2v) is 7.94. The minimum Gasteiger partial charge on any atom is -0.382 e. The number of rotatable bonds is 3. The number of nitrogen functional groups attached to an aromatic ring is 1. The molecule has 1 atom stereocenters. The molecule has 4 rings (SSSR count). The molecule has 1 saturated heterocycles. The number of piperidine rings is 1. The van der Waals surface area contributed by atoms with Crippen LogP contribution in [-0.4, -0.2) is 51.8 Å². The molecular weight excluding hydrogens is 387 g/mol. The molecule has 1 fully saturated rings. The van der Waals surface area contributed by atoms with Crippen LogP contribution in [0, 0.1) is 0 Å². The van der Waals surface area contributed by atoms with Gasteiger partial charge in [0.2, 0.25) is 0 Å². The summed E-state index contributed by atoms with van der Waals surface area (Å²) >= 11 is 0. The zero-order chi connectivity index (χ0) is 19.9. The molecule has 11 heteroatoms. The Morgan fingerprint density at radius 2 is 1.93 bits per heavy atom. The van der Waals surface area contributed by atoms with Crippen LogP contribution in [0.2, 0.25) is 0 Å². The van der Waals surface area contributed by atoms with Gasteiger partial charge >= 0.3 is 10.2 Å². The normalized spacial score (nSPS) is 17.8. The van der Waals surface area contributed by atoms with Gasteiger partial charge in [0, 0.05) is 18.7 Å². The van der Waals surface area contributed by atoms with Gasteiger partial charge in [-0.15, -0.1) is 3.89 Å². The first kappa shape index (κ1) is 18.3. The lowest BCUT2D eigenvalue weighted by Crippen LogP contribution is -2.40. The lowest BCUT2D eigenvalue weighted by molar-refractivity contribution is 0.0681. The van der Waals surface area contributed by atoms with E-state index in [4.69, 9.17) is 5.73 Å². The van der Waals surface area contributed by atoms with Crippen molar-refractivity contribution in [1.29, 1.82) is 0 Å². The maximum atomic E-state index is 13.0. The third-order valence-electron chi connectivity index (χ3n) is 4.85. The average Bonchev–Trinajstić information content (AvgIpc) is 3.12. The first-order chi connectivity index (χ1) is 13.3. The van der Waals surface area contributed by atoms with Crippen LogP contribution in [0.4, 0.5) is 9.70 Å². The van der Waals surface area contributed by atoms with E-state index in [0.29, 0.717) is 35.6 Å². The Morgan fingerprint density at radius 3 is 2.64 bits per heavy atom. The van der Waals surface area contributed by atoms with Crippen molar-refractivity contribution in [2.45, 2.75) is 23.8 Å². The fourth-order valence-electron chi connectivity index (χ4n) is 3.45. The summed E-state index contributed by atoms with van der Waals surface area (Å²) in [6.07, 6.45) is 4.66. The summed E-state index contributed by atoms with van der Waals surface area (Å²) in [5.74, 6) is 0.0569. The van der Waals surface area contributed by atoms with Crippen LogP contribution >= 0.6 is 0 Å². The smallest absolute Gasteiger partial charge is 0.332 e. The van der Waals surface area contributed by atoms with Crippen LogP contribution < -0.4 is 5.73 Å². The molecule has 2 N–H and O–H groups in total. The van der Waals surface area contributed by atoms with Gasteiger partial charge in [0.05, 0.1) is 17.3 Å². The number of amides is 1. The molecule has 1 aromatic carbocycles. The van der Waals surface area contributed by atoms with E-state index >= 15 is 0 Å². The molecule has 1 unspecified atom stereocenters. The number of likely N-dealkylation sites (tertiary alicyclic amines) is 1. The minimum absolute atomic E-state index is 0.0255. The highest BCUT2D eigenvalue weighted by atomic mass is 32.3. The van der Waals surface area contributed by atoms with Crippen molar-refractivity contribution < 1.29 is 17.1 Å². The summed E-state index contributed by atoms with van der Waals surface area (Å²) in [7, 11) is -4.79. The monoisotopic (exact) mass is 404 g/mol. The van der Waals surface area contributed by atoms with Crippen molar-refractivity contribution in [2.24, 2.45) is 0 Å². The van der Waals surface area contributed by atoms with Crippen LogP contribution in [0.15, 0.2) is 41.8 Å². The molecule has 3 heterocycles. The Morgan fingerprint density at radius 1 is 1.18 bits per heavy atom. The maximum Gasteiger partial charge on any atom is 0.332 e. The van der Waals surface area contributed by atoms with Crippen molar-refractivity contribution in [3.05, 3.63) is 42.5 Å². The van der Waals surface area contributed by atoms with Crippen LogP contribution in [0.5, 0.6) is 0 Å². The fraction of sp³-hybridized carbons (Fsp3) is 0.294. The molecule has 28 heavy (non-hydrogen) atoms. The molecule has 0 radical (unpaired) electrons. The number of benzene rings is 1. The molecule has 0 aliphatic carbocycles. The fourth-order valence-corrected chi connectivity index (χ4v) is 3.91. The lowest BCUT2D eigenvalue weighted by atomic mass is 10.0. The number of aromatic nitrogens is 4. The summed E-state index contributed by atoms with van der Waals surface area (Å²) in [6.45, 7) is 1.01. The van der Waals surface area contributed by atoms with Gasteiger partial charge in [-0.1, -0.05) is 0 Å². The predicted molar refractivity (Wildman–Crippen MR) is 98.6 cm³/mol. The van der Waals surface area contributed by atoms with Crippen LogP contribution in [-0.2, 0) is 10.2 Å². The van der Waals surface area contributed by atoms with Gasteiger partial charge in [0.25, 0.3) is 5.91 Å². The average molecular weight is 404 g/mol. The van der Waals surface area contributed by atoms with E-state index in [2.05, 4.69) is 15.0 Å². The van der Waals surface area contributed by atoms with Gasteiger partial charge in [-0.2, -0.15) is 8.42 Å². The third-order valence-corrected chi connectivity index (χ3v) is 5.68. The first-order valence-electron chi connectivity index (χ1n) is 8.61. The summed E-state index contributed by atoms with van der Waals surface area (Å²) in [5.41, 5.74) is 7.27. The number of carbonyl (C=O) groups is 1. The molecule has 1 amide bonds. The van der Waals surface area contributed by atoms with Gasteiger partial charge in [-0.05, 0) is 37.1 Å². The second kappa shape index (κ2) is 6.82. The van der Waals surface area contributed by atoms with Gasteiger partial charge in [0.15, 0.2) is 11.5 Å². The number of hydrogen-bond acceptors (Lipinski definition) is 7. The molecule has 1 aliphatic heterocycles. The maximum absolute atomic E-state index is 13.0. The van der Waals surface area contributed by atoms with Crippen molar-refractivity contribution in [3.8, 4) is 0 Å². The highest BCUT2D eigenvalue weighted by Gasteiger charge is 2.27. The molecule has 2 aromatic heterocycles. The Hall–Kier alpha value is -3.08. The number of hydrogen-bond donors (Lipinski definition) is 1. The van der Waals surface area contributed by atoms with Crippen LogP contribution in [0.25, 0.3) is 11.2 Å². The van der Waals surface area contributed by atoms with E-state index in [1.807, 2.05) is 4.57 Å². The quantitative estimate of drug-likeness (QED) is 0.657. The minimum atomic E-state index is -4.79. The molecule has 9 nitrogen and oxygen atoms in total. The number of carbonyl (C=O) groups excluding carboxylic acids is 1. The van der Waals surface area contributed by atoms with Gasteiger partial charge in [-0.3, -0.25) is 4.79 Å². The van der Waals surface area contributed by atoms with Crippen molar-refractivity contribution in [1.82, 2.24) is 24.4 Å². The first-order valence-corrected chi connectivity index (χ1v) is 10.00. The molecule has 0 spiro atoms. The van der Waals surface area contributed by atoms with Crippen LogP contribution in [0.3, 0.4) is 0 Å². The Bertz CT molecular complexity index is 1150. The number of nitrogens with two attached hydrogens (primary N) is 1. The van der Waals surface area contributed by atoms with E-state index in [1.165, 1.54) is 18.5 Å². The molecule has 0 saturated carbocycles. The summed E-state index contributed by atoms with van der Waals surface area (Å²) < 4.78 is 36.8. The molecule has 1 aliphatic rings. The van der Waals surface area contributed by atoms with E-state index in [0.717, 1.165) is 25.0 Å². The Balaban J connectivity index is 1.56. The van der Waals surface area contributed by atoms with Crippen LogP contribution in [0.1, 0.15) is 29.2 Å². The van der Waals surface area contributed by atoms with Crippen molar-refractivity contribution in [2.75, 3.05) is 18.8 Å². The topological polar surface area (TPSA) is 124 Å². The number of halogens is 1. The van der Waals surface area contributed by atoms with Gasteiger partial charge in [0.1, 0.15) is 11.8 Å².